The van der Waals surface area contributed by atoms with Gasteiger partial charge in [-0.3, -0.25) is 4.79 Å². The number of nitrogens with one attached hydrogen (secondary N) is 2. The van der Waals surface area contributed by atoms with E-state index < -0.39 is 62.8 Å². The maximum absolute atomic E-state index is 13.3. The summed E-state index contributed by atoms with van der Waals surface area (Å²) >= 11 is 0. The Kier molecular flexibility index (Phi) is 9.73. The van der Waals surface area contributed by atoms with E-state index >= 15 is 0 Å². The van der Waals surface area contributed by atoms with Gasteiger partial charge in [0.15, 0.2) is 6.04 Å². The van der Waals surface area contributed by atoms with Crippen LogP contribution in [0.3, 0.4) is 0 Å². The Morgan fingerprint density at radius 2 is 1.86 bits per heavy atom. The molecule has 0 radical (unpaired) electrons. The number of carboxylic acid groups (broad SMARTS) is 1. The molecule has 2 unspecified atom stereocenters. The number of aromatic amines is 1. The third-order valence-electron chi connectivity index (χ3n) is 6.17. The number of benzene rings is 1. The first-order valence-electron chi connectivity index (χ1n) is 11.8. The normalized spacial score (nSPS) is 26.3. The van der Waals surface area contributed by atoms with Crippen LogP contribution in [-0.4, -0.2) is 89.8 Å². The smallest absolute Gasteiger partial charge is 0.480 e. The number of ether oxygens (including phenoxy) is 1. The predicted molar refractivity (Wildman–Crippen MR) is 130 cm³/mol. The summed E-state index contributed by atoms with van der Waals surface area (Å²) in [4.78, 5) is 44.2. The number of nitrogens with zero attached hydrogens (tertiary/aromatic N) is 1. The molecule has 8 atom stereocenters. The van der Waals surface area contributed by atoms with E-state index in [1.807, 2.05) is 18.2 Å². The zero-order valence-electron chi connectivity index (χ0n) is 20.6. The summed E-state index contributed by atoms with van der Waals surface area (Å²) in [5.41, 5.74) is 1.46. The monoisotopic (exact) mass is 542 g/mol. The van der Waals surface area contributed by atoms with Gasteiger partial charge < -0.3 is 35.5 Å². The zero-order chi connectivity index (χ0) is 27.4. The van der Waals surface area contributed by atoms with Gasteiger partial charge in [-0.2, -0.15) is 0 Å². The lowest BCUT2D eigenvalue weighted by molar-refractivity contribution is -0.342. The number of fused-ring (bicyclic) bond motifs is 1. The Morgan fingerprint density at radius 1 is 1.19 bits per heavy atom. The number of aliphatic carboxylic acids is 1. The highest BCUT2D eigenvalue weighted by atomic mass is 31.1. The number of carbonyl (C=O) groups is 2. The molecule has 1 amide bonds. The van der Waals surface area contributed by atoms with Crippen molar-refractivity contribution in [1.82, 2.24) is 15.1 Å². The average molecular weight is 543 g/mol. The van der Waals surface area contributed by atoms with Gasteiger partial charge in [0.05, 0.1) is 10.9 Å². The van der Waals surface area contributed by atoms with Crippen LogP contribution >= 0.6 is 8.18 Å². The summed E-state index contributed by atoms with van der Waals surface area (Å²) < 4.78 is 17.6. The van der Waals surface area contributed by atoms with Gasteiger partial charge >= 0.3 is 14.1 Å². The van der Waals surface area contributed by atoms with Crippen molar-refractivity contribution >= 4 is 31.0 Å². The number of carboxylic acids is 1. The molecule has 1 aliphatic heterocycles. The molecular weight excluding hydrogens is 509 g/mol. The molecule has 37 heavy (non-hydrogen) atoms. The van der Waals surface area contributed by atoms with E-state index in [4.69, 9.17) is 9.57 Å². The van der Waals surface area contributed by atoms with Crippen molar-refractivity contribution in [3.63, 3.8) is 0 Å². The highest BCUT2D eigenvalue weighted by molar-refractivity contribution is 7.35. The molecule has 0 aliphatic carbocycles. The fourth-order valence-electron chi connectivity index (χ4n) is 4.17. The summed E-state index contributed by atoms with van der Waals surface area (Å²) in [7, 11) is -3.34. The second-order valence-corrected chi connectivity index (χ2v) is 10.4. The minimum absolute atomic E-state index is 0.0174. The van der Waals surface area contributed by atoms with Gasteiger partial charge in [0.1, 0.15) is 24.4 Å². The van der Waals surface area contributed by atoms with Crippen molar-refractivity contribution in [2.45, 2.75) is 76.4 Å². The minimum atomic E-state index is -3.34. The SMILES string of the molecule is CC(C)C[C@@H](C(=O)N[C@@H](Cc1c[nH]c2ccccc12)C(=O)O)N(OC1O[C@@H](C)[C@H](O)[C@@H](O)[C@H]1O)[P+](=O)O. The van der Waals surface area contributed by atoms with E-state index in [2.05, 4.69) is 10.3 Å². The summed E-state index contributed by atoms with van der Waals surface area (Å²) in [6.07, 6.45) is -5.98. The van der Waals surface area contributed by atoms with Crippen LogP contribution in [0.15, 0.2) is 30.5 Å². The Labute approximate surface area is 213 Å². The van der Waals surface area contributed by atoms with Crippen molar-refractivity contribution in [3.05, 3.63) is 36.0 Å². The van der Waals surface area contributed by atoms with Crippen molar-refractivity contribution in [3.8, 4) is 0 Å². The lowest BCUT2D eigenvalue weighted by Gasteiger charge is -2.39. The van der Waals surface area contributed by atoms with Gasteiger partial charge in [0.25, 0.3) is 0 Å². The van der Waals surface area contributed by atoms with Crippen LogP contribution in [0.1, 0.15) is 32.8 Å². The molecule has 1 aliphatic rings. The third-order valence-corrected chi connectivity index (χ3v) is 6.88. The van der Waals surface area contributed by atoms with Crippen LogP contribution in [0.4, 0.5) is 0 Å². The number of hydrogen-bond donors (Lipinski definition) is 7. The molecular formula is C23H33N3O10P+. The van der Waals surface area contributed by atoms with Gasteiger partial charge in [0.2, 0.25) is 12.2 Å². The summed E-state index contributed by atoms with van der Waals surface area (Å²) in [5, 5.41) is 43.2. The highest BCUT2D eigenvalue weighted by Crippen LogP contribution is 2.33. The van der Waals surface area contributed by atoms with Crippen LogP contribution in [0.5, 0.6) is 0 Å². The maximum atomic E-state index is 13.3. The first-order chi connectivity index (χ1) is 17.4. The summed E-state index contributed by atoms with van der Waals surface area (Å²) in [5.74, 6) is -2.39. The van der Waals surface area contributed by atoms with Crippen LogP contribution in [-0.2, 0) is 30.1 Å². The fourth-order valence-corrected chi connectivity index (χ4v) is 4.78. The average Bonchev–Trinajstić information content (AvgIpc) is 3.24. The number of hydrogen-bond acceptors (Lipinski definition) is 8. The van der Waals surface area contributed by atoms with Crippen molar-refractivity contribution in [1.29, 1.82) is 0 Å². The number of rotatable bonds is 11. The fraction of sp³-hybridized carbons (Fsp3) is 0.565. The molecule has 2 aromatic rings. The van der Waals surface area contributed by atoms with Crippen molar-refractivity contribution in [2.75, 3.05) is 0 Å². The van der Waals surface area contributed by atoms with Crippen LogP contribution in [0.2, 0.25) is 0 Å². The molecule has 1 aromatic heterocycles. The molecule has 1 saturated heterocycles. The summed E-state index contributed by atoms with van der Waals surface area (Å²) in [6, 6.07) is 4.46. The lowest BCUT2D eigenvalue weighted by atomic mass is 10.00. The van der Waals surface area contributed by atoms with Gasteiger partial charge in [-0.05, 0) is 35.5 Å². The topological polar surface area (TPSA) is 202 Å². The molecule has 0 bridgehead atoms. The van der Waals surface area contributed by atoms with Crippen LogP contribution < -0.4 is 5.32 Å². The first kappa shape index (κ1) is 29.1. The standard InChI is InChI=1S/C23H32N3O10P/c1-11(2)8-17(26(37(33)34)36-23-20(29)19(28)18(27)12(3)35-23)21(30)25-16(22(31)32)9-13-10-24-15-7-5-4-6-14(13)15/h4-7,10-12,16-20,23-24,27-29H,8-9H2,1-3H3,(H2-,25,30,31,32,33,34)/p+1/t12-,16-,17-,18-,19+,20+,23?/m0/s1. The Morgan fingerprint density at radius 3 is 2.49 bits per heavy atom. The number of aliphatic hydroxyl groups is 3. The molecule has 1 aromatic carbocycles. The van der Waals surface area contributed by atoms with E-state index in [9.17, 15) is 39.5 Å². The second kappa shape index (κ2) is 12.4. The van der Waals surface area contributed by atoms with E-state index in [1.54, 1.807) is 26.1 Å². The van der Waals surface area contributed by atoms with Gasteiger partial charge in [-0.15, -0.1) is 4.89 Å². The van der Waals surface area contributed by atoms with Crippen molar-refractivity contribution in [2.24, 2.45) is 5.92 Å². The molecule has 13 nitrogen and oxygen atoms in total. The molecule has 2 heterocycles. The third kappa shape index (κ3) is 6.89. The lowest BCUT2D eigenvalue weighted by Crippen LogP contribution is -2.59. The number of carbonyl (C=O) groups excluding carboxylic acids is 1. The van der Waals surface area contributed by atoms with Crippen LogP contribution in [0, 0.1) is 5.92 Å². The summed E-state index contributed by atoms with van der Waals surface area (Å²) in [6.45, 7) is 4.90. The molecule has 0 saturated carbocycles. The Bertz CT molecular complexity index is 1110. The number of H-pyrrole nitrogens is 1. The minimum Gasteiger partial charge on any atom is -0.480 e. The molecule has 204 valence electrons. The number of amides is 1. The number of aromatic nitrogens is 1. The van der Waals surface area contributed by atoms with E-state index in [0.29, 0.717) is 10.4 Å². The second-order valence-electron chi connectivity index (χ2n) is 9.45. The van der Waals surface area contributed by atoms with E-state index in [1.165, 1.54) is 6.92 Å². The van der Waals surface area contributed by atoms with Gasteiger partial charge in [-0.25, -0.2) is 9.63 Å². The quantitative estimate of drug-likeness (QED) is 0.153. The van der Waals surface area contributed by atoms with E-state index in [0.717, 1.165) is 10.9 Å². The highest BCUT2D eigenvalue weighted by Gasteiger charge is 2.49. The first-order valence-corrected chi connectivity index (χ1v) is 13.0. The van der Waals surface area contributed by atoms with Gasteiger partial charge in [0, 0.05) is 23.5 Å². The maximum Gasteiger partial charge on any atom is 0.640 e. The number of hydroxylamine groups is 1. The van der Waals surface area contributed by atoms with Crippen molar-refractivity contribution < 1.29 is 49.0 Å². The molecule has 3 rings (SSSR count). The predicted octanol–water partition coefficient (Wildman–Crippen LogP) is 0.405. The van der Waals surface area contributed by atoms with Crippen LogP contribution in [0.25, 0.3) is 10.9 Å². The Balaban J connectivity index is 1.82. The largest absolute Gasteiger partial charge is 0.640 e. The molecule has 1 fully saturated rings. The molecule has 0 spiro atoms. The number of aliphatic hydroxyl groups excluding tert-OH is 3. The van der Waals surface area contributed by atoms with E-state index in [-0.39, 0.29) is 18.8 Å². The molecule has 7 N–H and O–H groups in total. The van der Waals surface area contributed by atoms with Gasteiger partial charge in [-0.1, -0.05) is 32.0 Å². The number of para-hydroxylation sites is 1. The zero-order valence-corrected chi connectivity index (χ0v) is 21.5. The molecule has 14 heteroatoms. The Hall–Kier alpha value is -2.48.